The van der Waals surface area contributed by atoms with E-state index in [0.717, 1.165) is 22.1 Å². The summed E-state index contributed by atoms with van der Waals surface area (Å²) in [6.45, 7) is 8.45. The van der Waals surface area contributed by atoms with Crippen LogP contribution in [-0.4, -0.2) is 9.97 Å². The van der Waals surface area contributed by atoms with Crippen molar-refractivity contribution in [3.8, 4) is 0 Å². The number of hydrogen-bond donors (Lipinski definition) is 0. The van der Waals surface area contributed by atoms with Crippen molar-refractivity contribution in [3.63, 3.8) is 0 Å². The van der Waals surface area contributed by atoms with Gasteiger partial charge in [0.15, 0.2) is 0 Å². The largest absolute Gasteiger partial charge is 0.244 e. The molecule has 0 unspecified atom stereocenters. The summed E-state index contributed by atoms with van der Waals surface area (Å²) in [5.74, 6) is 0. The highest BCUT2D eigenvalue weighted by Crippen LogP contribution is 2.21. The molecule has 0 saturated heterocycles. The van der Waals surface area contributed by atoms with Gasteiger partial charge in [0, 0.05) is 0 Å². The van der Waals surface area contributed by atoms with Gasteiger partial charge in [-0.05, 0) is 74.2 Å². The number of hydrogen-bond acceptors (Lipinski definition) is 2. The van der Waals surface area contributed by atoms with Crippen LogP contribution in [0.2, 0.25) is 0 Å². The van der Waals surface area contributed by atoms with Crippen molar-refractivity contribution in [1.29, 1.82) is 0 Å². The SMILES string of the molecule is Cc1cc2nc3cc(C)c(C)cc3nc2cc1C. The third-order valence-corrected chi connectivity index (χ3v) is 3.66. The Kier molecular flexibility index (Phi) is 2.34. The zero-order valence-electron chi connectivity index (χ0n) is 11.2. The summed E-state index contributed by atoms with van der Waals surface area (Å²) < 4.78 is 0. The molecule has 0 atom stereocenters. The Balaban J connectivity index is 2.43. The van der Waals surface area contributed by atoms with Gasteiger partial charge in [-0.1, -0.05) is 0 Å². The number of aryl methyl sites for hydroxylation is 4. The molecular formula is C16H16N2. The van der Waals surface area contributed by atoms with Gasteiger partial charge in [-0.15, -0.1) is 0 Å². The van der Waals surface area contributed by atoms with Crippen LogP contribution in [0, 0.1) is 27.7 Å². The second kappa shape index (κ2) is 3.77. The molecule has 0 N–H and O–H groups in total. The van der Waals surface area contributed by atoms with Crippen LogP contribution in [0.4, 0.5) is 0 Å². The lowest BCUT2D eigenvalue weighted by atomic mass is 10.1. The van der Waals surface area contributed by atoms with Gasteiger partial charge >= 0.3 is 0 Å². The number of aromatic nitrogens is 2. The second-order valence-electron chi connectivity index (χ2n) is 5.07. The first-order valence-corrected chi connectivity index (χ1v) is 6.20. The molecule has 0 fully saturated rings. The molecule has 18 heavy (non-hydrogen) atoms. The van der Waals surface area contributed by atoms with E-state index in [2.05, 4.69) is 52.0 Å². The van der Waals surface area contributed by atoms with Gasteiger partial charge in [0.25, 0.3) is 0 Å². The normalized spacial score (nSPS) is 11.3. The first kappa shape index (κ1) is 11.1. The van der Waals surface area contributed by atoms with Crippen LogP contribution in [0.5, 0.6) is 0 Å². The monoisotopic (exact) mass is 236 g/mol. The predicted octanol–water partition coefficient (Wildman–Crippen LogP) is 4.02. The van der Waals surface area contributed by atoms with Crippen LogP contribution >= 0.6 is 0 Å². The van der Waals surface area contributed by atoms with Crippen molar-refractivity contribution in [2.75, 3.05) is 0 Å². The van der Waals surface area contributed by atoms with E-state index in [9.17, 15) is 0 Å². The Hall–Kier alpha value is -1.96. The molecule has 0 radical (unpaired) electrons. The van der Waals surface area contributed by atoms with Gasteiger partial charge in [-0.25, -0.2) is 9.97 Å². The van der Waals surface area contributed by atoms with Crippen LogP contribution in [0.15, 0.2) is 24.3 Å². The maximum absolute atomic E-state index is 4.72. The third-order valence-electron chi connectivity index (χ3n) is 3.66. The molecule has 2 nitrogen and oxygen atoms in total. The van der Waals surface area contributed by atoms with E-state index < -0.39 is 0 Å². The van der Waals surface area contributed by atoms with Crippen LogP contribution < -0.4 is 0 Å². The van der Waals surface area contributed by atoms with E-state index in [-0.39, 0.29) is 0 Å². The molecule has 90 valence electrons. The van der Waals surface area contributed by atoms with Gasteiger partial charge in [-0.2, -0.15) is 0 Å². The van der Waals surface area contributed by atoms with Crippen LogP contribution in [0.1, 0.15) is 22.3 Å². The highest BCUT2D eigenvalue weighted by molar-refractivity contribution is 5.87. The summed E-state index contributed by atoms with van der Waals surface area (Å²) in [7, 11) is 0. The average molecular weight is 236 g/mol. The molecule has 3 aromatic rings. The lowest BCUT2D eigenvalue weighted by Crippen LogP contribution is -1.92. The molecule has 2 heteroatoms. The van der Waals surface area contributed by atoms with Gasteiger partial charge in [0.2, 0.25) is 0 Å². The van der Waals surface area contributed by atoms with Crippen molar-refractivity contribution in [2.45, 2.75) is 27.7 Å². The molecular weight excluding hydrogens is 220 g/mol. The van der Waals surface area contributed by atoms with Crippen molar-refractivity contribution in [2.24, 2.45) is 0 Å². The second-order valence-corrected chi connectivity index (χ2v) is 5.07. The van der Waals surface area contributed by atoms with Crippen molar-refractivity contribution < 1.29 is 0 Å². The summed E-state index contributed by atoms with van der Waals surface area (Å²) in [5, 5.41) is 0. The lowest BCUT2D eigenvalue weighted by molar-refractivity contribution is 1.29. The quantitative estimate of drug-likeness (QED) is 0.551. The van der Waals surface area contributed by atoms with Crippen molar-refractivity contribution >= 4 is 22.1 Å². The standard InChI is InChI=1S/C16H16N2/c1-9-5-13-14(6-10(9)2)18-16-8-12(4)11(3)7-15(16)17-13/h5-8H,1-4H3. The molecule has 0 bridgehead atoms. The van der Waals surface area contributed by atoms with Gasteiger partial charge in [-0.3, -0.25) is 0 Å². The summed E-state index contributed by atoms with van der Waals surface area (Å²) in [6.07, 6.45) is 0. The van der Waals surface area contributed by atoms with Gasteiger partial charge in [0.05, 0.1) is 22.1 Å². The van der Waals surface area contributed by atoms with Gasteiger partial charge in [0.1, 0.15) is 0 Å². The fraction of sp³-hybridized carbons (Fsp3) is 0.250. The first-order valence-electron chi connectivity index (χ1n) is 6.20. The van der Waals surface area contributed by atoms with E-state index >= 15 is 0 Å². The molecule has 0 aliphatic rings. The van der Waals surface area contributed by atoms with E-state index in [1.165, 1.54) is 22.3 Å². The molecule has 3 rings (SSSR count). The number of fused-ring (bicyclic) bond motifs is 2. The van der Waals surface area contributed by atoms with E-state index in [4.69, 9.17) is 9.97 Å². The van der Waals surface area contributed by atoms with Crippen LogP contribution in [-0.2, 0) is 0 Å². The zero-order chi connectivity index (χ0) is 12.9. The minimum absolute atomic E-state index is 0.980. The van der Waals surface area contributed by atoms with Crippen molar-refractivity contribution in [3.05, 3.63) is 46.5 Å². The summed E-state index contributed by atoms with van der Waals surface area (Å²) in [5.41, 5.74) is 8.98. The molecule has 1 aromatic heterocycles. The lowest BCUT2D eigenvalue weighted by Gasteiger charge is -2.06. The maximum atomic E-state index is 4.72. The fourth-order valence-electron chi connectivity index (χ4n) is 2.19. The molecule has 0 saturated carbocycles. The highest BCUT2D eigenvalue weighted by atomic mass is 14.8. The molecule has 0 aliphatic carbocycles. The average Bonchev–Trinajstić information content (AvgIpc) is 2.31. The Morgan fingerprint density at radius 3 is 0.944 bits per heavy atom. The smallest absolute Gasteiger partial charge is 0.0897 e. The predicted molar refractivity (Wildman–Crippen MR) is 76.0 cm³/mol. The van der Waals surface area contributed by atoms with Crippen LogP contribution in [0.25, 0.3) is 22.1 Å². The summed E-state index contributed by atoms with van der Waals surface area (Å²) in [4.78, 5) is 9.44. The van der Waals surface area contributed by atoms with Crippen molar-refractivity contribution in [1.82, 2.24) is 9.97 Å². The highest BCUT2D eigenvalue weighted by Gasteiger charge is 2.05. The third kappa shape index (κ3) is 1.65. The van der Waals surface area contributed by atoms with E-state index in [0.29, 0.717) is 0 Å². The number of benzene rings is 2. The molecule has 2 aromatic carbocycles. The number of nitrogens with zero attached hydrogens (tertiary/aromatic N) is 2. The Labute approximate surface area is 107 Å². The first-order chi connectivity index (χ1) is 8.54. The molecule has 0 aliphatic heterocycles. The minimum atomic E-state index is 0.980. The zero-order valence-corrected chi connectivity index (χ0v) is 11.2. The Morgan fingerprint density at radius 1 is 0.500 bits per heavy atom. The Bertz CT molecular complexity index is 644. The fourth-order valence-corrected chi connectivity index (χ4v) is 2.19. The Morgan fingerprint density at radius 2 is 0.722 bits per heavy atom. The summed E-state index contributed by atoms with van der Waals surface area (Å²) >= 11 is 0. The van der Waals surface area contributed by atoms with E-state index in [1.807, 2.05) is 0 Å². The van der Waals surface area contributed by atoms with Crippen LogP contribution in [0.3, 0.4) is 0 Å². The molecule has 0 spiro atoms. The minimum Gasteiger partial charge on any atom is -0.244 e. The summed E-state index contributed by atoms with van der Waals surface area (Å²) in [6, 6.07) is 8.47. The van der Waals surface area contributed by atoms with Gasteiger partial charge < -0.3 is 0 Å². The van der Waals surface area contributed by atoms with E-state index in [1.54, 1.807) is 0 Å². The molecule has 1 heterocycles. The number of rotatable bonds is 0. The maximum Gasteiger partial charge on any atom is 0.0897 e. The molecule has 0 amide bonds. The topological polar surface area (TPSA) is 25.8 Å².